The van der Waals surface area contributed by atoms with Gasteiger partial charge in [0.2, 0.25) is 0 Å². The van der Waals surface area contributed by atoms with Crippen molar-refractivity contribution in [2.45, 2.75) is 13.3 Å². The van der Waals surface area contributed by atoms with Crippen molar-refractivity contribution >= 4 is 28.7 Å². The Labute approximate surface area is 146 Å². The molecule has 0 amide bonds. The molecule has 7 heteroatoms. The lowest BCUT2D eigenvalue weighted by atomic mass is 10.1. The van der Waals surface area contributed by atoms with Gasteiger partial charge in [-0.3, -0.25) is 10.1 Å². The molecule has 0 saturated heterocycles. The van der Waals surface area contributed by atoms with Gasteiger partial charge >= 0.3 is 0 Å². The van der Waals surface area contributed by atoms with Crippen molar-refractivity contribution in [3.05, 3.63) is 64.2 Å². The zero-order chi connectivity index (χ0) is 17.4. The number of nitrogens with zero attached hydrogens (tertiary/aromatic N) is 1. The monoisotopic (exact) mass is 345 g/mol. The van der Waals surface area contributed by atoms with Crippen LogP contribution >= 0.6 is 12.2 Å². The van der Waals surface area contributed by atoms with Gasteiger partial charge in [0.15, 0.2) is 5.11 Å². The number of nitrogens with one attached hydrogen (secondary N) is 2. The molecule has 0 heterocycles. The van der Waals surface area contributed by atoms with Gasteiger partial charge in [-0.1, -0.05) is 30.3 Å². The van der Waals surface area contributed by atoms with Crippen LogP contribution in [0.4, 0.5) is 11.4 Å². The van der Waals surface area contributed by atoms with Crippen LogP contribution in [0.15, 0.2) is 48.5 Å². The molecule has 2 aromatic rings. The second-order valence-electron chi connectivity index (χ2n) is 4.99. The molecule has 2 rings (SSSR count). The van der Waals surface area contributed by atoms with Gasteiger partial charge < -0.3 is 15.4 Å². The highest BCUT2D eigenvalue weighted by atomic mass is 32.1. The number of rotatable bonds is 7. The molecule has 126 valence electrons. The van der Waals surface area contributed by atoms with Gasteiger partial charge in [0.25, 0.3) is 5.69 Å². The molecule has 0 aliphatic carbocycles. The summed E-state index contributed by atoms with van der Waals surface area (Å²) < 4.78 is 5.29. The van der Waals surface area contributed by atoms with Crippen molar-refractivity contribution < 1.29 is 9.66 Å². The zero-order valence-corrected chi connectivity index (χ0v) is 14.1. The van der Waals surface area contributed by atoms with Crippen LogP contribution in [-0.4, -0.2) is 23.2 Å². The maximum absolute atomic E-state index is 11.2. The lowest BCUT2D eigenvalue weighted by molar-refractivity contribution is -0.384. The van der Waals surface area contributed by atoms with Crippen LogP contribution in [0, 0.1) is 10.1 Å². The Hall–Kier alpha value is -2.67. The summed E-state index contributed by atoms with van der Waals surface area (Å²) in [5.41, 5.74) is 1.45. The van der Waals surface area contributed by atoms with E-state index in [4.69, 9.17) is 17.0 Å². The van der Waals surface area contributed by atoms with E-state index in [9.17, 15) is 10.1 Å². The van der Waals surface area contributed by atoms with Crippen LogP contribution in [0.2, 0.25) is 0 Å². The molecule has 0 unspecified atom stereocenters. The highest BCUT2D eigenvalue weighted by molar-refractivity contribution is 7.80. The molecule has 0 bridgehead atoms. The third kappa shape index (κ3) is 5.20. The van der Waals surface area contributed by atoms with E-state index in [1.54, 1.807) is 12.1 Å². The topological polar surface area (TPSA) is 76.4 Å². The molecular weight excluding hydrogens is 326 g/mol. The Kier molecular flexibility index (Phi) is 6.51. The fraction of sp³-hybridized carbons (Fsp3) is 0.235. The van der Waals surface area contributed by atoms with Gasteiger partial charge in [0, 0.05) is 6.54 Å². The fourth-order valence-corrected chi connectivity index (χ4v) is 2.37. The number of nitro benzene ring substituents is 1. The summed E-state index contributed by atoms with van der Waals surface area (Å²) in [6.07, 6.45) is 0.814. The quantitative estimate of drug-likeness (QED) is 0.454. The average Bonchev–Trinajstić information content (AvgIpc) is 2.57. The first-order valence-corrected chi connectivity index (χ1v) is 8.01. The molecule has 0 radical (unpaired) electrons. The second kappa shape index (κ2) is 8.83. The number of hydrogen-bond acceptors (Lipinski definition) is 4. The first-order valence-electron chi connectivity index (χ1n) is 7.60. The Morgan fingerprint density at radius 2 is 2.00 bits per heavy atom. The highest BCUT2D eigenvalue weighted by Gasteiger charge is 2.16. The van der Waals surface area contributed by atoms with E-state index in [0.717, 1.165) is 6.42 Å². The molecule has 2 aromatic carbocycles. The number of thiocarbonyl (C=S) groups is 1. The Morgan fingerprint density at radius 3 is 2.67 bits per heavy atom. The van der Waals surface area contributed by atoms with Gasteiger partial charge in [-0.15, -0.1) is 0 Å². The maximum atomic E-state index is 11.2. The maximum Gasteiger partial charge on any atom is 0.296 e. The van der Waals surface area contributed by atoms with Crippen LogP contribution < -0.4 is 15.4 Å². The fourth-order valence-electron chi connectivity index (χ4n) is 2.16. The van der Waals surface area contributed by atoms with E-state index in [1.165, 1.54) is 11.6 Å². The largest absolute Gasteiger partial charge is 0.494 e. The Morgan fingerprint density at radius 1 is 1.25 bits per heavy atom. The van der Waals surface area contributed by atoms with Gasteiger partial charge in [0.05, 0.1) is 17.6 Å². The summed E-state index contributed by atoms with van der Waals surface area (Å²) >= 11 is 5.21. The number of benzene rings is 2. The molecule has 0 aliphatic heterocycles. The molecule has 24 heavy (non-hydrogen) atoms. The molecule has 0 atom stereocenters. The lowest BCUT2D eigenvalue weighted by Gasteiger charge is -2.12. The van der Waals surface area contributed by atoms with Crippen molar-refractivity contribution in [3.8, 4) is 5.75 Å². The average molecular weight is 345 g/mol. The van der Waals surface area contributed by atoms with Gasteiger partial charge in [-0.25, -0.2) is 0 Å². The van der Waals surface area contributed by atoms with E-state index in [2.05, 4.69) is 10.6 Å². The smallest absolute Gasteiger partial charge is 0.296 e. The minimum absolute atomic E-state index is 0.0758. The van der Waals surface area contributed by atoms with Crippen LogP contribution in [0.25, 0.3) is 0 Å². The normalized spacial score (nSPS) is 10.0. The number of hydrogen-bond donors (Lipinski definition) is 2. The number of nitro groups is 1. The van der Waals surface area contributed by atoms with Gasteiger partial charge in [-0.2, -0.15) is 0 Å². The van der Waals surface area contributed by atoms with E-state index in [1.807, 2.05) is 37.3 Å². The Balaban J connectivity index is 1.94. The summed E-state index contributed by atoms with van der Waals surface area (Å²) in [5, 5.41) is 17.5. The van der Waals surface area contributed by atoms with Crippen molar-refractivity contribution in [2.24, 2.45) is 0 Å². The zero-order valence-electron chi connectivity index (χ0n) is 13.3. The van der Waals surface area contributed by atoms with Crippen molar-refractivity contribution in [1.29, 1.82) is 0 Å². The SMILES string of the molecule is CCOc1ccc(NC(=S)NCCc2ccccc2)c([N+](=O)[O-])c1. The minimum Gasteiger partial charge on any atom is -0.494 e. The Bertz CT molecular complexity index is 707. The summed E-state index contributed by atoms with van der Waals surface area (Å²) in [5.74, 6) is 0.456. The predicted molar refractivity (Wildman–Crippen MR) is 98.6 cm³/mol. The van der Waals surface area contributed by atoms with Crippen LogP contribution in [0.1, 0.15) is 12.5 Å². The van der Waals surface area contributed by atoms with E-state index in [-0.39, 0.29) is 5.69 Å². The molecular formula is C17H19N3O3S. The van der Waals surface area contributed by atoms with Crippen LogP contribution in [0.5, 0.6) is 5.75 Å². The number of ether oxygens (including phenoxy) is 1. The van der Waals surface area contributed by atoms with Crippen LogP contribution in [0.3, 0.4) is 0 Å². The molecule has 2 N–H and O–H groups in total. The highest BCUT2D eigenvalue weighted by Crippen LogP contribution is 2.29. The summed E-state index contributed by atoms with van der Waals surface area (Å²) in [4.78, 5) is 10.7. The van der Waals surface area contributed by atoms with Gasteiger partial charge in [0.1, 0.15) is 11.4 Å². The summed E-state index contributed by atoms with van der Waals surface area (Å²) in [6, 6.07) is 14.7. The summed E-state index contributed by atoms with van der Waals surface area (Å²) in [7, 11) is 0. The van der Waals surface area contributed by atoms with E-state index in [0.29, 0.717) is 29.7 Å². The van der Waals surface area contributed by atoms with E-state index < -0.39 is 4.92 Å². The third-order valence-corrected chi connectivity index (χ3v) is 3.51. The molecule has 0 aromatic heterocycles. The first-order chi connectivity index (χ1) is 11.6. The molecule has 0 fully saturated rings. The molecule has 0 aliphatic rings. The summed E-state index contributed by atoms with van der Waals surface area (Å²) in [6.45, 7) is 2.91. The lowest BCUT2D eigenvalue weighted by Crippen LogP contribution is -2.30. The minimum atomic E-state index is -0.461. The van der Waals surface area contributed by atoms with Gasteiger partial charge in [-0.05, 0) is 43.3 Å². The first kappa shape index (κ1) is 17.7. The molecule has 0 spiro atoms. The standard InChI is InChI=1S/C17H19N3O3S/c1-2-23-14-8-9-15(16(12-14)20(21)22)19-17(24)18-11-10-13-6-4-3-5-7-13/h3-9,12H,2,10-11H2,1H3,(H2,18,19,24). The van der Waals surface area contributed by atoms with Crippen molar-refractivity contribution in [3.63, 3.8) is 0 Å². The second-order valence-corrected chi connectivity index (χ2v) is 5.39. The predicted octanol–water partition coefficient (Wildman–Crippen LogP) is 3.52. The third-order valence-electron chi connectivity index (χ3n) is 3.27. The van der Waals surface area contributed by atoms with E-state index >= 15 is 0 Å². The molecule has 6 nitrogen and oxygen atoms in total. The number of anilines is 1. The van der Waals surface area contributed by atoms with Crippen molar-refractivity contribution in [1.82, 2.24) is 5.32 Å². The molecule has 0 saturated carbocycles. The van der Waals surface area contributed by atoms with Crippen LogP contribution in [-0.2, 0) is 6.42 Å². The van der Waals surface area contributed by atoms with Crippen molar-refractivity contribution in [2.75, 3.05) is 18.5 Å².